The minimum absolute atomic E-state index is 0.0528. The van der Waals surface area contributed by atoms with E-state index in [1.165, 1.54) is 0 Å². The molecule has 1 heterocycles. The van der Waals surface area contributed by atoms with Crippen molar-refractivity contribution in [1.29, 1.82) is 0 Å². The van der Waals surface area contributed by atoms with E-state index in [0.29, 0.717) is 6.61 Å². The fourth-order valence-corrected chi connectivity index (χ4v) is 3.12. The van der Waals surface area contributed by atoms with Gasteiger partial charge in [-0.25, -0.2) is 0 Å². The van der Waals surface area contributed by atoms with Crippen LogP contribution in [0.4, 0.5) is 5.69 Å². The molecule has 26 heavy (non-hydrogen) atoms. The first-order chi connectivity index (χ1) is 12.7. The lowest BCUT2D eigenvalue weighted by atomic mass is 10.2. The number of nitrogens with zero attached hydrogens (tertiary/aromatic N) is 2. The van der Waals surface area contributed by atoms with Crippen LogP contribution in [0.3, 0.4) is 0 Å². The van der Waals surface area contributed by atoms with Crippen LogP contribution in [0.2, 0.25) is 0 Å². The molecule has 0 saturated carbocycles. The zero-order valence-electron chi connectivity index (χ0n) is 15.3. The lowest BCUT2D eigenvalue weighted by Gasteiger charge is -2.37. The molecule has 0 radical (unpaired) electrons. The molecule has 1 aliphatic rings. The fourth-order valence-electron chi connectivity index (χ4n) is 3.12. The van der Waals surface area contributed by atoms with Crippen LogP contribution in [-0.2, 0) is 4.79 Å². The summed E-state index contributed by atoms with van der Waals surface area (Å²) in [5.74, 6) is 0.967. The van der Waals surface area contributed by atoms with E-state index in [2.05, 4.69) is 15.1 Å². The summed E-state index contributed by atoms with van der Waals surface area (Å²) < 4.78 is 5.77. The highest BCUT2D eigenvalue weighted by Gasteiger charge is 2.25. The second-order valence-electron chi connectivity index (χ2n) is 6.57. The number of hydrogen-bond donors (Lipinski definition) is 1. The minimum Gasteiger partial charge on any atom is -0.492 e. The first-order valence-corrected chi connectivity index (χ1v) is 9.22. The molecule has 0 aliphatic carbocycles. The molecule has 1 aliphatic heterocycles. The van der Waals surface area contributed by atoms with Crippen LogP contribution in [0.5, 0.6) is 5.75 Å². The molecule has 0 aromatic heterocycles. The molecule has 0 unspecified atom stereocenters. The lowest BCUT2D eigenvalue weighted by molar-refractivity contribution is -0.121. The van der Waals surface area contributed by atoms with Gasteiger partial charge in [-0.1, -0.05) is 36.4 Å². The first kappa shape index (κ1) is 18.4. The predicted octanol–water partition coefficient (Wildman–Crippen LogP) is 2.71. The van der Waals surface area contributed by atoms with Gasteiger partial charge in [-0.15, -0.1) is 0 Å². The summed E-state index contributed by atoms with van der Waals surface area (Å²) in [6, 6.07) is 19.4. The Balaban J connectivity index is 1.38. The summed E-state index contributed by atoms with van der Waals surface area (Å²) in [5, 5.41) is 2.99. The van der Waals surface area contributed by atoms with Crippen molar-refractivity contribution in [3.8, 4) is 5.75 Å². The van der Waals surface area contributed by atoms with Crippen LogP contribution in [0, 0.1) is 0 Å². The van der Waals surface area contributed by atoms with E-state index < -0.39 is 0 Å². The molecule has 5 nitrogen and oxygen atoms in total. The fraction of sp³-hybridized carbons (Fsp3) is 0.381. The van der Waals surface area contributed by atoms with Gasteiger partial charge in [0.15, 0.2) is 0 Å². The highest BCUT2D eigenvalue weighted by molar-refractivity contribution is 5.94. The number of hydrogen-bond acceptors (Lipinski definition) is 4. The van der Waals surface area contributed by atoms with Gasteiger partial charge < -0.3 is 10.1 Å². The van der Waals surface area contributed by atoms with Crippen LogP contribution in [0.15, 0.2) is 60.7 Å². The molecule has 1 N–H and O–H groups in total. The molecule has 1 atom stereocenters. The standard InChI is InChI=1S/C21H27N3O2/c1-18(21(25)22-19-8-4-2-5-9-19)24-14-12-23(13-15-24)16-17-26-20-10-6-3-7-11-20/h2-11,18H,12-17H2,1H3,(H,22,25)/t18-/m0/s1. The zero-order valence-corrected chi connectivity index (χ0v) is 15.3. The predicted molar refractivity (Wildman–Crippen MR) is 104 cm³/mol. The molecule has 0 spiro atoms. The third-order valence-corrected chi connectivity index (χ3v) is 4.79. The van der Waals surface area contributed by atoms with Crippen molar-refractivity contribution in [3.05, 3.63) is 60.7 Å². The number of ether oxygens (including phenoxy) is 1. The molecule has 2 aromatic carbocycles. The highest BCUT2D eigenvalue weighted by atomic mass is 16.5. The van der Waals surface area contributed by atoms with E-state index >= 15 is 0 Å². The van der Waals surface area contributed by atoms with Gasteiger partial charge in [0.1, 0.15) is 12.4 Å². The summed E-state index contributed by atoms with van der Waals surface area (Å²) >= 11 is 0. The van der Waals surface area contributed by atoms with Crippen molar-refractivity contribution in [3.63, 3.8) is 0 Å². The second-order valence-corrected chi connectivity index (χ2v) is 6.57. The second kappa shape index (κ2) is 9.36. The van der Waals surface area contributed by atoms with Gasteiger partial charge in [0, 0.05) is 38.4 Å². The zero-order chi connectivity index (χ0) is 18.2. The number of amides is 1. The summed E-state index contributed by atoms with van der Waals surface area (Å²) in [6.07, 6.45) is 0. The average molecular weight is 353 g/mol. The maximum atomic E-state index is 12.4. The van der Waals surface area contributed by atoms with E-state index in [1.807, 2.05) is 67.6 Å². The molecule has 1 fully saturated rings. The lowest BCUT2D eigenvalue weighted by Crippen LogP contribution is -2.53. The van der Waals surface area contributed by atoms with Crippen LogP contribution < -0.4 is 10.1 Å². The quantitative estimate of drug-likeness (QED) is 0.831. The number of para-hydroxylation sites is 2. The van der Waals surface area contributed by atoms with Crippen molar-refractivity contribution >= 4 is 11.6 Å². The maximum Gasteiger partial charge on any atom is 0.241 e. The Kier molecular flexibility index (Phi) is 6.63. The first-order valence-electron chi connectivity index (χ1n) is 9.22. The molecule has 0 bridgehead atoms. The Hall–Kier alpha value is -2.37. The van der Waals surface area contributed by atoms with Crippen molar-refractivity contribution in [2.75, 3.05) is 44.6 Å². The Labute approximate surface area is 155 Å². The normalized spacial score (nSPS) is 16.8. The maximum absolute atomic E-state index is 12.4. The van der Waals surface area contributed by atoms with Crippen molar-refractivity contribution in [2.24, 2.45) is 0 Å². The van der Waals surface area contributed by atoms with Crippen LogP contribution in [-0.4, -0.2) is 61.1 Å². The Morgan fingerprint density at radius 1 is 1.00 bits per heavy atom. The van der Waals surface area contributed by atoms with Gasteiger partial charge in [-0.2, -0.15) is 0 Å². The molecule has 3 rings (SSSR count). The topological polar surface area (TPSA) is 44.8 Å². The van der Waals surface area contributed by atoms with E-state index in [9.17, 15) is 4.79 Å². The molecular formula is C21H27N3O2. The monoisotopic (exact) mass is 353 g/mol. The highest BCUT2D eigenvalue weighted by Crippen LogP contribution is 2.11. The summed E-state index contributed by atoms with van der Waals surface area (Å²) in [4.78, 5) is 17.1. The van der Waals surface area contributed by atoms with Gasteiger partial charge in [-0.05, 0) is 31.2 Å². The number of piperazine rings is 1. The number of nitrogens with one attached hydrogen (secondary N) is 1. The Morgan fingerprint density at radius 2 is 1.62 bits per heavy atom. The molecule has 138 valence electrons. The van der Waals surface area contributed by atoms with Gasteiger partial charge >= 0.3 is 0 Å². The van der Waals surface area contributed by atoms with Crippen LogP contribution in [0.25, 0.3) is 0 Å². The van der Waals surface area contributed by atoms with E-state index in [1.54, 1.807) is 0 Å². The third kappa shape index (κ3) is 5.31. The summed E-state index contributed by atoms with van der Waals surface area (Å²) in [6.45, 7) is 7.29. The average Bonchev–Trinajstić information content (AvgIpc) is 2.69. The van der Waals surface area contributed by atoms with Gasteiger partial charge in [-0.3, -0.25) is 14.6 Å². The summed E-state index contributed by atoms with van der Waals surface area (Å²) in [7, 11) is 0. The van der Waals surface area contributed by atoms with Gasteiger partial charge in [0.2, 0.25) is 5.91 Å². The van der Waals surface area contributed by atoms with E-state index in [-0.39, 0.29) is 11.9 Å². The van der Waals surface area contributed by atoms with Crippen LogP contribution >= 0.6 is 0 Å². The van der Waals surface area contributed by atoms with E-state index in [4.69, 9.17) is 4.74 Å². The number of carbonyl (C=O) groups is 1. The van der Waals surface area contributed by atoms with Crippen molar-refractivity contribution < 1.29 is 9.53 Å². The molecule has 2 aromatic rings. The smallest absolute Gasteiger partial charge is 0.241 e. The largest absolute Gasteiger partial charge is 0.492 e. The number of benzene rings is 2. The Bertz CT molecular complexity index is 670. The Morgan fingerprint density at radius 3 is 2.27 bits per heavy atom. The third-order valence-electron chi connectivity index (χ3n) is 4.79. The van der Waals surface area contributed by atoms with Gasteiger partial charge in [0.05, 0.1) is 6.04 Å². The van der Waals surface area contributed by atoms with Crippen LogP contribution in [0.1, 0.15) is 6.92 Å². The van der Waals surface area contributed by atoms with Gasteiger partial charge in [0.25, 0.3) is 0 Å². The molecular weight excluding hydrogens is 326 g/mol. The molecule has 5 heteroatoms. The van der Waals surface area contributed by atoms with Crippen molar-refractivity contribution in [2.45, 2.75) is 13.0 Å². The van der Waals surface area contributed by atoms with Crippen molar-refractivity contribution in [1.82, 2.24) is 9.80 Å². The number of anilines is 1. The molecule has 1 saturated heterocycles. The number of carbonyl (C=O) groups excluding carboxylic acids is 1. The number of rotatable bonds is 7. The summed E-state index contributed by atoms with van der Waals surface area (Å²) in [5.41, 5.74) is 0.848. The SMILES string of the molecule is C[C@@H](C(=O)Nc1ccccc1)N1CCN(CCOc2ccccc2)CC1. The minimum atomic E-state index is -0.127. The molecule has 1 amide bonds. The van der Waals surface area contributed by atoms with E-state index in [0.717, 1.165) is 44.2 Å².